The lowest BCUT2D eigenvalue weighted by molar-refractivity contribution is 0.0999. The topological polar surface area (TPSA) is 86.1 Å². The normalized spacial score (nSPS) is 11.0. The molecule has 3 N–H and O–H groups in total. The molecule has 1 amide bonds. The molecule has 29 heavy (non-hydrogen) atoms. The standard InChI is InChI=1S/C21H19ClN4O2S/c1-13-17(20(23)27)9-19(26(13)11-14-4-2-5-15(22)8-14)18-12-29-21(25-18)24-10-16-6-3-7-28-16/h2-9,12H,10-11H2,1H3,(H2,23,27)(H,24,25). The van der Waals surface area contributed by atoms with E-state index >= 15 is 0 Å². The van der Waals surface area contributed by atoms with Crippen molar-refractivity contribution in [1.29, 1.82) is 0 Å². The molecule has 0 aliphatic carbocycles. The molecular weight excluding hydrogens is 408 g/mol. The van der Waals surface area contributed by atoms with E-state index in [1.54, 1.807) is 12.3 Å². The van der Waals surface area contributed by atoms with Gasteiger partial charge >= 0.3 is 0 Å². The van der Waals surface area contributed by atoms with Gasteiger partial charge in [0.15, 0.2) is 5.13 Å². The molecule has 3 aromatic heterocycles. The van der Waals surface area contributed by atoms with Crippen molar-refractivity contribution in [3.8, 4) is 11.4 Å². The fraction of sp³-hybridized carbons (Fsp3) is 0.143. The summed E-state index contributed by atoms with van der Waals surface area (Å²) in [6.07, 6.45) is 1.64. The highest BCUT2D eigenvalue weighted by atomic mass is 35.5. The maximum atomic E-state index is 11.9. The number of carbonyl (C=O) groups is 1. The summed E-state index contributed by atoms with van der Waals surface area (Å²) in [5.74, 6) is 0.373. The first-order chi connectivity index (χ1) is 14.0. The fourth-order valence-electron chi connectivity index (χ4n) is 3.18. The zero-order chi connectivity index (χ0) is 20.4. The van der Waals surface area contributed by atoms with E-state index in [0.29, 0.717) is 23.7 Å². The van der Waals surface area contributed by atoms with Crippen LogP contribution < -0.4 is 11.1 Å². The van der Waals surface area contributed by atoms with Gasteiger partial charge in [0.1, 0.15) is 5.76 Å². The van der Waals surface area contributed by atoms with Gasteiger partial charge in [-0.05, 0) is 42.8 Å². The zero-order valence-electron chi connectivity index (χ0n) is 15.7. The Morgan fingerprint density at radius 3 is 2.90 bits per heavy atom. The van der Waals surface area contributed by atoms with E-state index in [1.807, 2.05) is 53.3 Å². The van der Waals surface area contributed by atoms with Crippen molar-refractivity contribution in [2.24, 2.45) is 5.73 Å². The van der Waals surface area contributed by atoms with Gasteiger partial charge < -0.3 is 20.0 Å². The van der Waals surface area contributed by atoms with Crippen LogP contribution in [0.3, 0.4) is 0 Å². The molecule has 0 saturated heterocycles. The van der Waals surface area contributed by atoms with Crippen LogP contribution in [0.2, 0.25) is 5.02 Å². The number of nitrogens with two attached hydrogens (primary N) is 1. The molecule has 0 aliphatic heterocycles. The molecule has 4 rings (SSSR count). The van der Waals surface area contributed by atoms with E-state index in [0.717, 1.165) is 33.5 Å². The maximum Gasteiger partial charge on any atom is 0.250 e. The van der Waals surface area contributed by atoms with E-state index in [1.165, 1.54) is 11.3 Å². The van der Waals surface area contributed by atoms with E-state index in [4.69, 9.17) is 21.8 Å². The monoisotopic (exact) mass is 426 g/mol. The van der Waals surface area contributed by atoms with Crippen LogP contribution in [0, 0.1) is 6.92 Å². The van der Waals surface area contributed by atoms with Crippen molar-refractivity contribution >= 4 is 34.0 Å². The number of benzene rings is 1. The molecule has 0 spiro atoms. The third kappa shape index (κ3) is 4.21. The number of furan rings is 1. The van der Waals surface area contributed by atoms with Crippen LogP contribution in [-0.4, -0.2) is 15.5 Å². The minimum atomic E-state index is -0.458. The van der Waals surface area contributed by atoms with Gasteiger partial charge in [0.2, 0.25) is 0 Å². The van der Waals surface area contributed by atoms with Crippen LogP contribution in [0.25, 0.3) is 11.4 Å². The number of nitrogens with one attached hydrogen (secondary N) is 1. The number of thiazole rings is 1. The summed E-state index contributed by atoms with van der Waals surface area (Å²) in [5.41, 5.74) is 9.50. The Morgan fingerprint density at radius 1 is 1.31 bits per heavy atom. The zero-order valence-corrected chi connectivity index (χ0v) is 17.3. The Hall–Kier alpha value is -3.03. The largest absolute Gasteiger partial charge is 0.467 e. The van der Waals surface area contributed by atoms with E-state index in [9.17, 15) is 4.79 Å². The van der Waals surface area contributed by atoms with Gasteiger partial charge in [0, 0.05) is 22.6 Å². The van der Waals surface area contributed by atoms with Crippen LogP contribution >= 0.6 is 22.9 Å². The Bertz CT molecular complexity index is 1150. The molecule has 0 bridgehead atoms. The lowest BCUT2D eigenvalue weighted by Crippen LogP contribution is -2.12. The molecule has 0 aliphatic rings. The number of aromatic nitrogens is 2. The third-order valence-corrected chi connectivity index (χ3v) is 5.66. The first-order valence-corrected chi connectivity index (χ1v) is 10.2. The summed E-state index contributed by atoms with van der Waals surface area (Å²) in [7, 11) is 0. The molecule has 8 heteroatoms. The Morgan fingerprint density at radius 2 is 2.17 bits per heavy atom. The number of amides is 1. The van der Waals surface area contributed by atoms with Crippen molar-refractivity contribution in [2.45, 2.75) is 20.0 Å². The van der Waals surface area contributed by atoms with Crippen molar-refractivity contribution in [1.82, 2.24) is 9.55 Å². The number of rotatable bonds is 7. The van der Waals surface area contributed by atoms with Gasteiger partial charge in [-0.2, -0.15) is 0 Å². The van der Waals surface area contributed by atoms with Crippen molar-refractivity contribution in [3.05, 3.63) is 81.7 Å². The predicted octanol–water partition coefficient (Wildman–Crippen LogP) is 4.93. The molecule has 4 aromatic rings. The average molecular weight is 427 g/mol. The highest BCUT2D eigenvalue weighted by molar-refractivity contribution is 7.14. The number of hydrogen-bond donors (Lipinski definition) is 2. The molecule has 0 fully saturated rings. The van der Waals surface area contributed by atoms with Crippen LogP contribution in [0.5, 0.6) is 0 Å². The molecule has 0 saturated carbocycles. The number of carbonyl (C=O) groups excluding carboxylic acids is 1. The van der Waals surface area contributed by atoms with Gasteiger partial charge in [-0.25, -0.2) is 4.98 Å². The van der Waals surface area contributed by atoms with Crippen molar-refractivity contribution < 1.29 is 9.21 Å². The highest BCUT2D eigenvalue weighted by Crippen LogP contribution is 2.30. The summed E-state index contributed by atoms with van der Waals surface area (Å²) in [6, 6.07) is 13.2. The van der Waals surface area contributed by atoms with Crippen molar-refractivity contribution in [2.75, 3.05) is 5.32 Å². The highest BCUT2D eigenvalue weighted by Gasteiger charge is 2.19. The van der Waals surface area contributed by atoms with Crippen LogP contribution in [0.15, 0.2) is 58.5 Å². The summed E-state index contributed by atoms with van der Waals surface area (Å²) < 4.78 is 7.37. The van der Waals surface area contributed by atoms with Gasteiger partial charge in [-0.15, -0.1) is 11.3 Å². The molecular formula is C21H19ClN4O2S. The smallest absolute Gasteiger partial charge is 0.250 e. The average Bonchev–Trinajstić information content (AvgIpc) is 3.42. The van der Waals surface area contributed by atoms with Crippen LogP contribution in [0.1, 0.15) is 27.4 Å². The lowest BCUT2D eigenvalue weighted by Gasteiger charge is -2.11. The molecule has 3 heterocycles. The first kappa shape index (κ1) is 19.3. The summed E-state index contributed by atoms with van der Waals surface area (Å²) in [4.78, 5) is 16.6. The minimum Gasteiger partial charge on any atom is -0.467 e. The third-order valence-electron chi connectivity index (χ3n) is 4.62. The Balaban J connectivity index is 1.65. The second-order valence-corrected chi connectivity index (χ2v) is 7.87. The summed E-state index contributed by atoms with van der Waals surface area (Å²) in [6.45, 7) is 2.99. The molecule has 0 radical (unpaired) electrons. The number of halogens is 1. The summed E-state index contributed by atoms with van der Waals surface area (Å²) >= 11 is 7.63. The summed E-state index contributed by atoms with van der Waals surface area (Å²) in [5, 5.41) is 6.65. The molecule has 6 nitrogen and oxygen atoms in total. The second-order valence-electron chi connectivity index (χ2n) is 6.58. The van der Waals surface area contributed by atoms with E-state index in [-0.39, 0.29) is 0 Å². The van der Waals surface area contributed by atoms with Gasteiger partial charge in [-0.1, -0.05) is 23.7 Å². The lowest BCUT2D eigenvalue weighted by atomic mass is 10.2. The van der Waals surface area contributed by atoms with Gasteiger partial charge in [-0.3, -0.25) is 4.79 Å². The quantitative estimate of drug-likeness (QED) is 0.439. The number of anilines is 1. The number of primary amides is 1. The predicted molar refractivity (Wildman–Crippen MR) is 115 cm³/mol. The molecule has 0 atom stereocenters. The molecule has 148 valence electrons. The van der Waals surface area contributed by atoms with Gasteiger partial charge in [0.05, 0.1) is 29.8 Å². The molecule has 0 unspecified atom stereocenters. The SMILES string of the molecule is Cc1c(C(N)=O)cc(-c2csc(NCc3ccco3)n2)n1Cc1cccc(Cl)c1. The van der Waals surface area contributed by atoms with E-state index < -0.39 is 5.91 Å². The fourth-order valence-corrected chi connectivity index (χ4v) is 4.09. The molecule has 1 aromatic carbocycles. The van der Waals surface area contributed by atoms with Crippen LogP contribution in [0.4, 0.5) is 5.13 Å². The Labute approximate surface area is 176 Å². The second kappa shape index (κ2) is 8.14. The first-order valence-electron chi connectivity index (χ1n) is 8.98. The maximum absolute atomic E-state index is 11.9. The minimum absolute atomic E-state index is 0.458. The van der Waals surface area contributed by atoms with Crippen LogP contribution in [-0.2, 0) is 13.1 Å². The number of nitrogens with zero attached hydrogens (tertiary/aromatic N) is 2. The Kier molecular flexibility index (Phi) is 5.42. The van der Waals surface area contributed by atoms with Gasteiger partial charge in [0.25, 0.3) is 5.91 Å². The number of hydrogen-bond acceptors (Lipinski definition) is 5. The van der Waals surface area contributed by atoms with Crippen molar-refractivity contribution in [3.63, 3.8) is 0 Å². The van der Waals surface area contributed by atoms with E-state index in [2.05, 4.69) is 10.3 Å².